The predicted molar refractivity (Wildman–Crippen MR) is 78.9 cm³/mol. The average Bonchev–Trinajstić information content (AvgIpc) is 2.46. The molecule has 0 unspecified atom stereocenters. The van der Waals surface area contributed by atoms with E-state index in [4.69, 9.17) is 10.2 Å². The molecule has 0 saturated heterocycles. The summed E-state index contributed by atoms with van der Waals surface area (Å²) >= 11 is 0. The van der Waals surface area contributed by atoms with E-state index in [0.29, 0.717) is 0 Å². The molecule has 0 spiro atoms. The second-order valence-corrected chi connectivity index (χ2v) is 3.79. The fraction of sp³-hybridized carbons (Fsp3) is 0. The van der Waals surface area contributed by atoms with Gasteiger partial charge in [-0.15, -0.1) is 0 Å². The third kappa shape index (κ3) is 7.84. The highest BCUT2D eigenvalue weighted by Gasteiger charge is 2.01. The Labute approximate surface area is 121 Å². The molecule has 0 fully saturated rings. The third-order valence-corrected chi connectivity index (χ3v) is 2.24. The van der Waals surface area contributed by atoms with Crippen molar-refractivity contribution >= 4 is 24.5 Å². The summed E-state index contributed by atoms with van der Waals surface area (Å²) in [5.41, 5.74) is 2.47. The maximum atomic E-state index is 9.21. The Morgan fingerprint density at radius 2 is 1.05 bits per heavy atom. The van der Waals surface area contributed by atoms with Crippen molar-refractivity contribution in [3.05, 3.63) is 71.8 Å². The van der Waals surface area contributed by atoms with Crippen LogP contribution in [0.2, 0.25) is 0 Å². The average molecular weight is 286 g/mol. The lowest BCUT2D eigenvalue weighted by atomic mass is 10.1. The highest BCUT2D eigenvalue weighted by atomic mass is 16.7. The maximum Gasteiger partial charge on any atom is 0.516 e. The minimum absolute atomic E-state index is 1.23. The normalized spacial score (nSPS) is 9.52. The number of ether oxygens (including phenoxy) is 1. The quantitative estimate of drug-likeness (QED) is 0.490. The number of benzene rings is 2. The lowest BCUT2D eigenvalue weighted by Gasteiger charge is -1.92. The van der Waals surface area contributed by atoms with Gasteiger partial charge in [-0.3, -0.25) is 0 Å². The first kappa shape index (κ1) is 16.0. The second kappa shape index (κ2) is 8.92. The molecule has 5 nitrogen and oxygen atoms in total. The number of carbonyl (C=O) groups is 2. The van der Waals surface area contributed by atoms with Crippen LogP contribution in [-0.4, -0.2) is 22.5 Å². The first-order valence-electron chi connectivity index (χ1n) is 6.00. The molecule has 0 saturated carbocycles. The molecule has 2 rings (SSSR count). The standard InChI is InChI=1S/C14H12.C2H2O5/c1-3-7-13(8-4-1)11-12-14-9-5-2-6-10-14;3-1(4)7-2(5)6/h1-12H;(H,3,4)(H,5,6)/b12-11+;. The predicted octanol–water partition coefficient (Wildman–Crippen LogP) is 4.22. The summed E-state index contributed by atoms with van der Waals surface area (Å²) in [5.74, 6) is 0. The largest absolute Gasteiger partial charge is 0.516 e. The van der Waals surface area contributed by atoms with E-state index in [1.54, 1.807) is 0 Å². The number of rotatable bonds is 2. The van der Waals surface area contributed by atoms with E-state index >= 15 is 0 Å². The van der Waals surface area contributed by atoms with Crippen LogP contribution < -0.4 is 0 Å². The van der Waals surface area contributed by atoms with Gasteiger partial charge in [0.25, 0.3) is 0 Å². The summed E-state index contributed by atoms with van der Waals surface area (Å²) in [6, 6.07) is 20.6. The topological polar surface area (TPSA) is 83.8 Å². The van der Waals surface area contributed by atoms with Crippen LogP contribution in [0.15, 0.2) is 60.7 Å². The van der Waals surface area contributed by atoms with Gasteiger partial charge in [-0.1, -0.05) is 72.8 Å². The van der Waals surface area contributed by atoms with Crippen LogP contribution in [0.5, 0.6) is 0 Å². The molecule has 2 aromatic rings. The molecule has 0 aliphatic rings. The van der Waals surface area contributed by atoms with E-state index in [0.717, 1.165) is 0 Å². The molecule has 0 aliphatic heterocycles. The smallest absolute Gasteiger partial charge is 0.449 e. The zero-order chi connectivity index (χ0) is 15.5. The third-order valence-electron chi connectivity index (χ3n) is 2.24. The van der Waals surface area contributed by atoms with Gasteiger partial charge in [0.2, 0.25) is 0 Å². The van der Waals surface area contributed by atoms with Crippen molar-refractivity contribution in [3.63, 3.8) is 0 Å². The van der Waals surface area contributed by atoms with E-state index in [-0.39, 0.29) is 0 Å². The minimum Gasteiger partial charge on any atom is -0.449 e. The van der Waals surface area contributed by atoms with Crippen LogP contribution in [0.25, 0.3) is 12.2 Å². The Morgan fingerprint density at radius 1 is 0.714 bits per heavy atom. The lowest BCUT2D eigenvalue weighted by Crippen LogP contribution is -2.05. The zero-order valence-corrected chi connectivity index (χ0v) is 11.0. The van der Waals surface area contributed by atoms with Gasteiger partial charge in [0, 0.05) is 0 Å². The maximum absolute atomic E-state index is 9.21. The highest BCUT2D eigenvalue weighted by molar-refractivity contribution is 5.74. The van der Waals surface area contributed by atoms with E-state index in [9.17, 15) is 9.59 Å². The lowest BCUT2D eigenvalue weighted by molar-refractivity contribution is 0.0802. The van der Waals surface area contributed by atoms with Gasteiger partial charge < -0.3 is 14.9 Å². The van der Waals surface area contributed by atoms with Crippen molar-refractivity contribution < 1.29 is 24.5 Å². The van der Waals surface area contributed by atoms with Crippen molar-refractivity contribution in [2.75, 3.05) is 0 Å². The van der Waals surface area contributed by atoms with Gasteiger partial charge in [-0.25, -0.2) is 9.59 Å². The number of hydrogen-bond donors (Lipinski definition) is 2. The molecule has 5 heteroatoms. The molecule has 0 amide bonds. The monoisotopic (exact) mass is 286 g/mol. The molecule has 0 aromatic heterocycles. The van der Waals surface area contributed by atoms with E-state index in [1.807, 2.05) is 36.4 Å². The van der Waals surface area contributed by atoms with Gasteiger partial charge in [0.05, 0.1) is 0 Å². The highest BCUT2D eigenvalue weighted by Crippen LogP contribution is 2.06. The molecule has 21 heavy (non-hydrogen) atoms. The van der Waals surface area contributed by atoms with Crippen LogP contribution in [0.4, 0.5) is 9.59 Å². The van der Waals surface area contributed by atoms with Crippen LogP contribution >= 0.6 is 0 Å². The summed E-state index contributed by atoms with van der Waals surface area (Å²) in [5, 5.41) is 15.0. The SMILES string of the molecule is C(=C\c1ccccc1)/c1ccccc1.O=C(O)OC(=O)O. The Bertz CT molecular complexity index is 537. The Hall–Kier alpha value is -3.08. The second-order valence-electron chi connectivity index (χ2n) is 3.79. The van der Waals surface area contributed by atoms with Gasteiger partial charge in [0.15, 0.2) is 0 Å². The fourth-order valence-corrected chi connectivity index (χ4v) is 1.40. The first-order valence-corrected chi connectivity index (χ1v) is 6.00. The van der Waals surface area contributed by atoms with E-state index in [1.165, 1.54) is 11.1 Å². The molecule has 0 bridgehead atoms. The number of carboxylic acid groups (broad SMARTS) is 2. The Balaban J connectivity index is 0.000000270. The van der Waals surface area contributed by atoms with Crippen molar-refractivity contribution in [2.45, 2.75) is 0 Å². The fourth-order valence-electron chi connectivity index (χ4n) is 1.40. The summed E-state index contributed by atoms with van der Waals surface area (Å²) in [7, 11) is 0. The van der Waals surface area contributed by atoms with Crippen molar-refractivity contribution in [1.29, 1.82) is 0 Å². The molecule has 0 radical (unpaired) electrons. The molecule has 2 aromatic carbocycles. The van der Waals surface area contributed by atoms with E-state index in [2.05, 4.69) is 41.2 Å². The number of hydrogen-bond acceptors (Lipinski definition) is 3. The van der Waals surface area contributed by atoms with Crippen molar-refractivity contribution in [3.8, 4) is 0 Å². The van der Waals surface area contributed by atoms with Gasteiger partial charge >= 0.3 is 12.3 Å². The van der Waals surface area contributed by atoms with Crippen LogP contribution in [-0.2, 0) is 4.74 Å². The molecule has 108 valence electrons. The van der Waals surface area contributed by atoms with Crippen LogP contribution in [0, 0.1) is 0 Å². The van der Waals surface area contributed by atoms with E-state index < -0.39 is 12.3 Å². The van der Waals surface area contributed by atoms with Crippen LogP contribution in [0.3, 0.4) is 0 Å². The Morgan fingerprint density at radius 3 is 1.29 bits per heavy atom. The molecule has 2 N–H and O–H groups in total. The first-order chi connectivity index (χ1) is 10.1. The summed E-state index contributed by atoms with van der Waals surface area (Å²) in [6.07, 6.45) is 0.616. The van der Waals surface area contributed by atoms with Gasteiger partial charge in [-0.2, -0.15) is 0 Å². The zero-order valence-electron chi connectivity index (χ0n) is 11.0. The molecular formula is C16H14O5. The summed E-state index contributed by atoms with van der Waals surface area (Å²) < 4.78 is 3.08. The van der Waals surface area contributed by atoms with Gasteiger partial charge in [-0.05, 0) is 11.1 Å². The van der Waals surface area contributed by atoms with Gasteiger partial charge in [0.1, 0.15) is 0 Å². The Kier molecular flexibility index (Phi) is 6.79. The summed E-state index contributed by atoms with van der Waals surface area (Å²) in [6.45, 7) is 0. The molecule has 0 aliphatic carbocycles. The van der Waals surface area contributed by atoms with Crippen molar-refractivity contribution in [2.24, 2.45) is 0 Å². The molecular weight excluding hydrogens is 272 g/mol. The van der Waals surface area contributed by atoms with Crippen molar-refractivity contribution in [1.82, 2.24) is 0 Å². The van der Waals surface area contributed by atoms with Crippen LogP contribution in [0.1, 0.15) is 11.1 Å². The molecule has 0 atom stereocenters. The summed E-state index contributed by atoms with van der Waals surface area (Å²) in [4.78, 5) is 18.4. The minimum atomic E-state index is -1.81. The molecule has 0 heterocycles.